The SMILES string of the molecule is COc1ccc(N2CCN3C(=O)C(=O)[N+](CC(=O)Nc4cccc(C(F)(F)F)c4)=NC32)cc1. The molecule has 1 atom stereocenters. The van der Waals surface area contributed by atoms with E-state index in [-0.39, 0.29) is 12.2 Å². The van der Waals surface area contributed by atoms with E-state index in [0.29, 0.717) is 12.3 Å². The molecule has 1 saturated heterocycles. The number of rotatable bonds is 5. The molecule has 0 saturated carbocycles. The molecule has 2 aliphatic heterocycles. The predicted molar refractivity (Wildman–Crippen MR) is 108 cm³/mol. The molecule has 1 N–H and O–H groups in total. The maximum atomic E-state index is 12.9. The van der Waals surface area contributed by atoms with Crippen LogP contribution in [-0.2, 0) is 20.6 Å². The molecule has 33 heavy (non-hydrogen) atoms. The molecule has 0 bridgehead atoms. The van der Waals surface area contributed by atoms with Gasteiger partial charge in [-0.1, -0.05) is 6.07 Å². The van der Waals surface area contributed by atoms with Crippen molar-refractivity contribution in [1.29, 1.82) is 0 Å². The molecule has 0 aliphatic carbocycles. The predicted octanol–water partition coefficient (Wildman–Crippen LogP) is 2.29. The van der Waals surface area contributed by atoms with E-state index in [2.05, 4.69) is 10.4 Å². The maximum Gasteiger partial charge on any atom is 0.502 e. The van der Waals surface area contributed by atoms with Crippen molar-refractivity contribution < 1.29 is 37.0 Å². The van der Waals surface area contributed by atoms with Gasteiger partial charge in [0, 0.05) is 29.6 Å². The smallest absolute Gasteiger partial charge is 0.497 e. The first-order chi connectivity index (χ1) is 15.7. The summed E-state index contributed by atoms with van der Waals surface area (Å²) in [6, 6.07) is 11.1. The zero-order valence-electron chi connectivity index (χ0n) is 17.4. The summed E-state index contributed by atoms with van der Waals surface area (Å²) in [6.45, 7) is 0.0699. The van der Waals surface area contributed by atoms with Crippen LogP contribution in [0.1, 0.15) is 5.56 Å². The summed E-state index contributed by atoms with van der Waals surface area (Å²) in [5, 5.41) is 6.56. The maximum absolute atomic E-state index is 12.9. The lowest BCUT2D eigenvalue weighted by molar-refractivity contribution is -0.509. The van der Waals surface area contributed by atoms with Gasteiger partial charge in [-0.3, -0.25) is 14.5 Å². The van der Waals surface area contributed by atoms with Crippen molar-refractivity contribution in [3.05, 3.63) is 54.1 Å². The molecule has 12 heteroatoms. The summed E-state index contributed by atoms with van der Waals surface area (Å²) in [7, 11) is 1.54. The highest BCUT2D eigenvalue weighted by Gasteiger charge is 2.49. The molecule has 2 aromatic carbocycles. The van der Waals surface area contributed by atoms with E-state index in [1.807, 2.05) is 0 Å². The summed E-state index contributed by atoms with van der Waals surface area (Å²) in [6.07, 6.45) is -5.40. The number of hydrogen-bond donors (Lipinski definition) is 1. The van der Waals surface area contributed by atoms with E-state index < -0.39 is 42.3 Å². The third-order valence-electron chi connectivity index (χ3n) is 5.23. The van der Waals surface area contributed by atoms with Gasteiger partial charge in [0.15, 0.2) is 0 Å². The van der Waals surface area contributed by atoms with Crippen LogP contribution in [0.25, 0.3) is 0 Å². The van der Waals surface area contributed by atoms with Gasteiger partial charge in [-0.15, -0.1) is 0 Å². The zero-order chi connectivity index (χ0) is 23.8. The highest BCUT2D eigenvalue weighted by molar-refractivity contribution is 6.32. The lowest BCUT2D eigenvalue weighted by Gasteiger charge is -2.27. The van der Waals surface area contributed by atoms with Crippen molar-refractivity contribution in [2.24, 2.45) is 5.11 Å². The van der Waals surface area contributed by atoms with Gasteiger partial charge < -0.3 is 15.0 Å². The van der Waals surface area contributed by atoms with Crippen molar-refractivity contribution >= 4 is 29.1 Å². The largest absolute Gasteiger partial charge is 0.502 e. The number of ether oxygens (including phenoxy) is 1. The number of alkyl halides is 3. The van der Waals surface area contributed by atoms with Crippen molar-refractivity contribution in [1.82, 2.24) is 4.90 Å². The highest BCUT2D eigenvalue weighted by atomic mass is 19.4. The minimum atomic E-state index is -4.57. The second kappa shape index (κ2) is 8.52. The molecule has 0 spiro atoms. The molecular formula is C21H19F3N5O4+. The lowest BCUT2D eigenvalue weighted by Crippen LogP contribution is -2.52. The molecule has 2 aromatic rings. The average molecular weight is 462 g/mol. The number of azo groups is 2. The van der Waals surface area contributed by atoms with E-state index in [9.17, 15) is 27.6 Å². The summed E-state index contributed by atoms with van der Waals surface area (Å²) in [5.41, 5.74) is -0.276. The number of anilines is 2. The lowest BCUT2D eigenvalue weighted by atomic mass is 10.2. The van der Waals surface area contributed by atoms with E-state index in [1.54, 1.807) is 29.2 Å². The number of halogens is 3. The van der Waals surface area contributed by atoms with Crippen LogP contribution in [0.3, 0.4) is 0 Å². The van der Waals surface area contributed by atoms with E-state index in [1.165, 1.54) is 18.1 Å². The molecule has 1 unspecified atom stereocenters. The number of fused-ring (bicyclic) bond motifs is 1. The second-order valence-electron chi connectivity index (χ2n) is 7.34. The molecule has 2 heterocycles. The Bertz CT molecular complexity index is 1130. The first kappa shape index (κ1) is 22.2. The highest BCUT2D eigenvalue weighted by Crippen LogP contribution is 2.31. The Kier molecular flexibility index (Phi) is 5.75. The van der Waals surface area contributed by atoms with Crippen LogP contribution in [0.5, 0.6) is 5.75 Å². The summed E-state index contributed by atoms with van der Waals surface area (Å²) in [4.78, 5) is 40.5. The van der Waals surface area contributed by atoms with Crippen molar-refractivity contribution in [3.63, 3.8) is 0 Å². The topological polar surface area (TPSA) is 94.3 Å². The Morgan fingerprint density at radius 3 is 2.52 bits per heavy atom. The molecule has 9 nitrogen and oxygen atoms in total. The number of nitrogens with zero attached hydrogens (tertiary/aromatic N) is 4. The number of amides is 3. The number of hydrogen-bond acceptors (Lipinski definition) is 6. The van der Waals surface area contributed by atoms with E-state index in [0.717, 1.165) is 28.6 Å². The van der Waals surface area contributed by atoms with Crippen molar-refractivity contribution in [2.45, 2.75) is 12.5 Å². The first-order valence-corrected chi connectivity index (χ1v) is 9.88. The Morgan fingerprint density at radius 1 is 1.15 bits per heavy atom. The van der Waals surface area contributed by atoms with Crippen LogP contribution in [-0.4, -0.2) is 60.4 Å². The Morgan fingerprint density at radius 2 is 1.85 bits per heavy atom. The van der Waals surface area contributed by atoms with Crippen LogP contribution in [0, 0.1) is 0 Å². The fourth-order valence-corrected chi connectivity index (χ4v) is 3.61. The van der Waals surface area contributed by atoms with Gasteiger partial charge in [0.05, 0.1) is 12.7 Å². The summed E-state index contributed by atoms with van der Waals surface area (Å²) in [5.74, 6) is -1.93. The molecule has 4 rings (SSSR count). The van der Waals surface area contributed by atoms with Gasteiger partial charge in [0.1, 0.15) is 5.75 Å². The Balaban J connectivity index is 1.52. The number of methoxy groups -OCH3 is 1. The average Bonchev–Trinajstić information content (AvgIpc) is 3.21. The standard InChI is InChI=1S/C21H18F3N5O4/c1-33-16-7-5-15(6-8-16)27-9-10-28-18(31)19(32)29(26-20(27)28)12-17(30)25-14-4-2-3-13(11-14)21(22,23)24/h2-8,11,20H,9-10,12H2,1H3/p+1. The normalized spacial score (nSPS) is 18.2. The quantitative estimate of drug-likeness (QED) is 0.544. The molecular weight excluding hydrogens is 443 g/mol. The van der Waals surface area contributed by atoms with Crippen LogP contribution in [0.2, 0.25) is 0 Å². The van der Waals surface area contributed by atoms with Crippen molar-refractivity contribution in [3.8, 4) is 5.75 Å². The number of nitrogens with one attached hydrogen (secondary N) is 1. The molecule has 172 valence electrons. The minimum Gasteiger partial charge on any atom is -0.497 e. The van der Waals surface area contributed by atoms with Gasteiger partial charge in [-0.2, -0.15) is 13.2 Å². The summed E-state index contributed by atoms with van der Waals surface area (Å²) < 4.78 is 44.5. The third kappa shape index (κ3) is 4.49. The number of carbonyl (C=O) groups excluding carboxylic acids is 3. The molecule has 0 aromatic heterocycles. The van der Waals surface area contributed by atoms with Crippen LogP contribution in [0.4, 0.5) is 24.5 Å². The fraction of sp³-hybridized carbons (Fsp3) is 0.286. The van der Waals surface area contributed by atoms with Gasteiger partial charge in [-0.25, -0.2) is 4.79 Å². The fourth-order valence-electron chi connectivity index (χ4n) is 3.61. The second-order valence-corrected chi connectivity index (χ2v) is 7.34. The molecule has 1 fully saturated rings. The van der Waals surface area contributed by atoms with Gasteiger partial charge in [0.25, 0.3) is 18.7 Å². The van der Waals surface area contributed by atoms with Crippen LogP contribution >= 0.6 is 0 Å². The monoisotopic (exact) mass is 462 g/mol. The summed E-state index contributed by atoms with van der Waals surface area (Å²) >= 11 is 0. The van der Waals surface area contributed by atoms with Crippen LogP contribution < -0.4 is 15.0 Å². The Hall–Kier alpha value is -3.96. The zero-order valence-corrected chi connectivity index (χ0v) is 17.4. The van der Waals surface area contributed by atoms with Gasteiger partial charge in [-0.05, 0) is 47.2 Å². The first-order valence-electron chi connectivity index (χ1n) is 9.88. The third-order valence-corrected chi connectivity index (χ3v) is 5.23. The van der Waals surface area contributed by atoms with Gasteiger partial charge >= 0.3 is 18.0 Å². The van der Waals surface area contributed by atoms with Gasteiger partial charge in [0.2, 0.25) is 0 Å². The molecule has 0 radical (unpaired) electrons. The number of carbonyl (C=O) groups is 3. The molecule has 2 aliphatic rings. The molecule has 3 amide bonds. The number of benzene rings is 2. The Labute approximate surface area is 186 Å². The van der Waals surface area contributed by atoms with Crippen LogP contribution in [0.15, 0.2) is 53.6 Å². The van der Waals surface area contributed by atoms with E-state index >= 15 is 0 Å². The van der Waals surface area contributed by atoms with E-state index in [4.69, 9.17) is 4.74 Å². The van der Waals surface area contributed by atoms with Crippen molar-refractivity contribution in [2.75, 3.05) is 37.0 Å². The minimum absolute atomic E-state index is 0.0898.